The van der Waals surface area contributed by atoms with Gasteiger partial charge in [0.25, 0.3) is 5.91 Å². The van der Waals surface area contributed by atoms with Crippen LogP contribution in [0.1, 0.15) is 29.2 Å². The van der Waals surface area contributed by atoms with Crippen molar-refractivity contribution < 1.29 is 18.4 Å². The molecule has 0 radical (unpaired) electrons. The molecule has 0 aliphatic carbocycles. The molecule has 0 heterocycles. The highest BCUT2D eigenvalue weighted by Gasteiger charge is 2.33. The van der Waals surface area contributed by atoms with Crippen LogP contribution in [0.15, 0.2) is 83.8 Å². The molecule has 0 aliphatic rings. The summed E-state index contributed by atoms with van der Waals surface area (Å²) in [5.74, 6) is 5.26. The molecule has 0 fully saturated rings. The number of sulfonamides is 1. The van der Waals surface area contributed by atoms with Crippen LogP contribution in [0.3, 0.4) is 0 Å². The van der Waals surface area contributed by atoms with Crippen LogP contribution in [0.5, 0.6) is 0 Å². The van der Waals surface area contributed by atoms with E-state index < -0.39 is 22.0 Å². The fourth-order valence-electron chi connectivity index (χ4n) is 3.04. The molecule has 0 aromatic heterocycles. The van der Waals surface area contributed by atoms with E-state index in [1.54, 1.807) is 36.4 Å². The van der Waals surface area contributed by atoms with Crippen LogP contribution in [0.25, 0.3) is 0 Å². The second-order valence-corrected chi connectivity index (χ2v) is 9.22. The fraction of sp³-hybridized carbons (Fsp3) is 0.160. The zero-order valence-electron chi connectivity index (χ0n) is 17.8. The molecule has 0 unspecified atom stereocenters. The molecule has 0 aliphatic heterocycles. The van der Waals surface area contributed by atoms with Crippen LogP contribution in [0.2, 0.25) is 0 Å². The number of amides is 1. The molecule has 3 rings (SSSR count). The largest absolute Gasteiger partial charge is 0.289 e. The molecule has 3 aromatic carbocycles. The number of carbonyl (C=O) groups is 1. The quantitative estimate of drug-likeness (QED) is 0.343. The first-order chi connectivity index (χ1) is 15.3. The normalized spacial score (nSPS) is 12.0. The van der Waals surface area contributed by atoms with E-state index in [9.17, 15) is 13.2 Å². The monoisotopic (exact) mass is 448 g/mol. The summed E-state index contributed by atoms with van der Waals surface area (Å²) in [4.78, 5) is 12.1. The maximum absolute atomic E-state index is 13.3. The smallest absolute Gasteiger partial charge is 0.261 e. The number of benzene rings is 3. The van der Waals surface area contributed by atoms with Crippen molar-refractivity contribution in [2.75, 3.05) is 0 Å². The highest BCUT2D eigenvalue weighted by Crippen LogP contribution is 2.22. The van der Waals surface area contributed by atoms with Gasteiger partial charge in [0.1, 0.15) is 6.04 Å². The van der Waals surface area contributed by atoms with E-state index in [0.717, 1.165) is 15.4 Å². The minimum Gasteiger partial charge on any atom is -0.289 e. The topological polar surface area (TPSA) is 86.7 Å². The van der Waals surface area contributed by atoms with Gasteiger partial charge in [0.15, 0.2) is 0 Å². The molecule has 0 saturated carbocycles. The average Bonchev–Trinajstić information content (AvgIpc) is 2.82. The Kier molecular flexibility index (Phi) is 7.44. The molecule has 1 amide bonds. The Bertz CT molecular complexity index is 1230. The number of hydrogen-bond donors (Lipinski definition) is 2. The van der Waals surface area contributed by atoms with Crippen molar-refractivity contribution in [3.05, 3.63) is 101 Å². The Morgan fingerprint density at radius 3 is 2.00 bits per heavy atom. The van der Waals surface area contributed by atoms with Gasteiger partial charge >= 0.3 is 0 Å². The van der Waals surface area contributed by atoms with Crippen LogP contribution in [-0.2, 0) is 21.4 Å². The van der Waals surface area contributed by atoms with Crippen LogP contribution in [0.4, 0.5) is 0 Å². The van der Waals surface area contributed by atoms with Crippen molar-refractivity contribution in [1.29, 1.82) is 0 Å². The average molecular weight is 449 g/mol. The Balaban J connectivity index is 1.88. The van der Waals surface area contributed by atoms with Crippen molar-refractivity contribution in [3.8, 4) is 11.8 Å². The summed E-state index contributed by atoms with van der Waals surface area (Å²) in [6, 6.07) is 21.8. The minimum atomic E-state index is -4.03. The predicted octanol–water partition coefficient (Wildman–Crippen LogP) is 3.48. The van der Waals surface area contributed by atoms with Gasteiger partial charge in [-0.05, 0) is 55.8 Å². The second-order valence-electron chi connectivity index (χ2n) is 7.33. The first-order valence-corrected chi connectivity index (χ1v) is 11.4. The van der Waals surface area contributed by atoms with Gasteiger partial charge in [0, 0.05) is 17.7 Å². The summed E-state index contributed by atoms with van der Waals surface area (Å²) >= 11 is 0. The lowest BCUT2D eigenvalue weighted by molar-refractivity contribution is -0.132. The predicted molar refractivity (Wildman–Crippen MR) is 122 cm³/mol. The summed E-state index contributed by atoms with van der Waals surface area (Å²) in [6.45, 7) is 3.41. The Morgan fingerprint density at radius 1 is 0.938 bits per heavy atom. The maximum Gasteiger partial charge on any atom is 0.261 e. The first-order valence-electron chi connectivity index (χ1n) is 10.00. The molecular formula is C25H24N2O4S. The van der Waals surface area contributed by atoms with Crippen molar-refractivity contribution >= 4 is 15.9 Å². The number of hydrogen-bond acceptors (Lipinski definition) is 4. The van der Waals surface area contributed by atoms with E-state index in [1.165, 1.54) is 24.5 Å². The number of carbonyl (C=O) groups excluding carboxylic acids is 1. The molecule has 3 aromatic rings. The standard InChI is InChI=1S/C25H24N2O4S/c1-19-8-10-21(11-9-19)12-13-22-14-16-24(17-15-22)32(30,31)27(20(2)25(28)26-29)18-23-6-4-3-5-7-23/h3-11,14-17,20,29H,18H2,1-2H3,(H,26,28)/t20-/m1/s1. The van der Waals surface area contributed by atoms with Gasteiger partial charge in [-0.25, -0.2) is 13.9 Å². The summed E-state index contributed by atoms with van der Waals surface area (Å²) in [6.07, 6.45) is 0. The van der Waals surface area contributed by atoms with E-state index in [4.69, 9.17) is 5.21 Å². The number of hydroxylamine groups is 1. The summed E-state index contributed by atoms with van der Waals surface area (Å²) in [5, 5.41) is 9.02. The van der Waals surface area contributed by atoms with E-state index in [0.29, 0.717) is 11.1 Å². The van der Waals surface area contributed by atoms with Crippen LogP contribution < -0.4 is 5.48 Å². The number of nitrogens with zero attached hydrogens (tertiary/aromatic N) is 1. The highest BCUT2D eigenvalue weighted by atomic mass is 32.2. The van der Waals surface area contributed by atoms with Gasteiger partial charge in [0.05, 0.1) is 4.90 Å². The lowest BCUT2D eigenvalue weighted by Gasteiger charge is -2.27. The van der Waals surface area contributed by atoms with E-state index in [2.05, 4.69) is 11.8 Å². The van der Waals surface area contributed by atoms with E-state index in [-0.39, 0.29) is 11.4 Å². The number of nitrogens with one attached hydrogen (secondary N) is 1. The van der Waals surface area contributed by atoms with Crippen molar-refractivity contribution in [2.24, 2.45) is 0 Å². The molecule has 0 spiro atoms. The molecule has 7 heteroatoms. The molecule has 32 heavy (non-hydrogen) atoms. The SMILES string of the molecule is Cc1ccc(C#Cc2ccc(S(=O)(=O)N(Cc3ccccc3)[C@H](C)C(=O)NO)cc2)cc1. The molecule has 1 atom stereocenters. The summed E-state index contributed by atoms with van der Waals surface area (Å²) < 4.78 is 27.8. The lowest BCUT2D eigenvalue weighted by atomic mass is 10.1. The molecule has 6 nitrogen and oxygen atoms in total. The van der Waals surface area contributed by atoms with Gasteiger partial charge in [-0.15, -0.1) is 0 Å². The van der Waals surface area contributed by atoms with Gasteiger partial charge in [-0.3, -0.25) is 10.0 Å². The molecule has 164 valence electrons. The second kappa shape index (κ2) is 10.2. The third-order valence-corrected chi connectivity index (χ3v) is 6.90. The van der Waals surface area contributed by atoms with Crippen LogP contribution in [-0.4, -0.2) is 29.9 Å². The number of rotatable bonds is 6. The third-order valence-electron chi connectivity index (χ3n) is 4.97. The van der Waals surface area contributed by atoms with Crippen molar-refractivity contribution in [2.45, 2.75) is 31.3 Å². The third kappa shape index (κ3) is 5.62. The van der Waals surface area contributed by atoms with Gasteiger partial charge < -0.3 is 0 Å². The molecule has 0 saturated heterocycles. The Hall–Kier alpha value is -3.44. The highest BCUT2D eigenvalue weighted by molar-refractivity contribution is 7.89. The molecular weight excluding hydrogens is 424 g/mol. The zero-order valence-corrected chi connectivity index (χ0v) is 18.6. The van der Waals surface area contributed by atoms with Gasteiger partial charge in [-0.2, -0.15) is 4.31 Å². The van der Waals surface area contributed by atoms with Crippen molar-refractivity contribution in [3.63, 3.8) is 0 Å². The zero-order chi connectivity index (χ0) is 23.1. The summed E-state index contributed by atoms with van der Waals surface area (Å²) in [7, 11) is -4.03. The van der Waals surface area contributed by atoms with E-state index >= 15 is 0 Å². The van der Waals surface area contributed by atoms with Gasteiger partial charge in [0.2, 0.25) is 10.0 Å². The van der Waals surface area contributed by atoms with Crippen molar-refractivity contribution in [1.82, 2.24) is 9.79 Å². The maximum atomic E-state index is 13.3. The lowest BCUT2D eigenvalue weighted by Crippen LogP contribution is -2.46. The number of aryl methyl sites for hydroxylation is 1. The van der Waals surface area contributed by atoms with Crippen LogP contribution >= 0.6 is 0 Å². The first kappa shape index (κ1) is 23.2. The minimum absolute atomic E-state index is 0.0211. The van der Waals surface area contributed by atoms with E-state index in [1.807, 2.05) is 37.3 Å². The Morgan fingerprint density at radius 2 is 1.47 bits per heavy atom. The molecule has 2 N–H and O–H groups in total. The van der Waals surface area contributed by atoms with Gasteiger partial charge in [-0.1, -0.05) is 59.9 Å². The Labute approximate surface area is 188 Å². The summed E-state index contributed by atoms with van der Waals surface area (Å²) in [5.41, 5.74) is 4.93. The van der Waals surface area contributed by atoms with Crippen LogP contribution in [0, 0.1) is 18.8 Å². The molecule has 0 bridgehead atoms. The fourth-order valence-corrected chi connectivity index (χ4v) is 4.63.